The number of amides is 1. The molecule has 0 saturated carbocycles. The van der Waals surface area contributed by atoms with E-state index in [-0.39, 0.29) is 11.8 Å². The maximum absolute atomic E-state index is 11.8. The molecule has 0 aliphatic heterocycles. The van der Waals surface area contributed by atoms with Crippen molar-refractivity contribution < 1.29 is 4.79 Å². The van der Waals surface area contributed by atoms with Crippen LogP contribution in [0.2, 0.25) is 0 Å². The predicted molar refractivity (Wildman–Crippen MR) is 90.6 cm³/mol. The largest absolute Gasteiger partial charge is 0.330 e. The molecule has 0 aliphatic carbocycles. The molecule has 2 rings (SSSR count). The number of hydrogen-bond acceptors (Lipinski definition) is 4. The summed E-state index contributed by atoms with van der Waals surface area (Å²) in [6, 6.07) is 8.19. The number of carbonyl (C=O) groups excluding carboxylic acids is 1. The summed E-state index contributed by atoms with van der Waals surface area (Å²) in [4.78, 5) is 17.4. The zero-order valence-electron chi connectivity index (χ0n) is 12.0. The molecule has 3 N–H and O–H groups in total. The molecule has 0 bridgehead atoms. The molecule has 1 aromatic heterocycles. The number of anilines is 1. The van der Waals surface area contributed by atoms with Gasteiger partial charge in [0.2, 0.25) is 5.91 Å². The average molecular weight is 368 g/mol. The van der Waals surface area contributed by atoms with Crippen molar-refractivity contribution in [2.75, 3.05) is 11.9 Å². The molecular formula is C15H18BrN3OS. The van der Waals surface area contributed by atoms with Crippen molar-refractivity contribution in [1.29, 1.82) is 0 Å². The Morgan fingerprint density at radius 1 is 1.52 bits per heavy atom. The fourth-order valence-corrected chi connectivity index (χ4v) is 3.26. The summed E-state index contributed by atoms with van der Waals surface area (Å²) in [6.07, 6.45) is 0.811. The number of nitrogens with one attached hydrogen (secondary N) is 1. The Labute approximate surface area is 136 Å². The third-order valence-corrected chi connectivity index (χ3v) is 4.74. The van der Waals surface area contributed by atoms with Crippen molar-refractivity contribution in [3.05, 3.63) is 44.9 Å². The molecule has 2 aromatic rings. The SMILES string of the molecule is Cc1nc(NC(=O)C(C)CN)sc1Cc1cccc(Br)c1. The molecule has 1 atom stereocenters. The maximum atomic E-state index is 11.8. The number of halogens is 1. The Kier molecular flexibility index (Phi) is 5.50. The van der Waals surface area contributed by atoms with Crippen LogP contribution in [0.5, 0.6) is 0 Å². The number of rotatable bonds is 5. The van der Waals surface area contributed by atoms with Gasteiger partial charge in [0.25, 0.3) is 0 Å². The number of nitrogens with two attached hydrogens (primary N) is 1. The molecule has 0 saturated heterocycles. The van der Waals surface area contributed by atoms with Gasteiger partial charge in [-0.15, -0.1) is 11.3 Å². The van der Waals surface area contributed by atoms with E-state index in [0.29, 0.717) is 11.7 Å². The Hall–Kier alpha value is -1.24. The predicted octanol–water partition coefficient (Wildman–Crippen LogP) is 3.34. The summed E-state index contributed by atoms with van der Waals surface area (Å²) < 4.78 is 1.06. The molecule has 112 valence electrons. The number of aryl methyl sites for hydroxylation is 1. The van der Waals surface area contributed by atoms with Crippen molar-refractivity contribution in [2.24, 2.45) is 11.7 Å². The van der Waals surface area contributed by atoms with E-state index in [0.717, 1.165) is 21.5 Å². The third kappa shape index (κ3) is 4.36. The first-order valence-electron chi connectivity index (χ1n) is 6.71. The van der Waals surface area contributed by atoms with Crippen LogP contribution in [0.15, 0.2) is 28.7 Å². The van der Waals surface area contributed by atoms with E-state index in [9.17, 15) is 4.79 Å². The van der Waals surface area contributed by atoms with Crippen LogP contribution in [0.3, 0.4) is 0 Å². The van der Waals surface area contributed by atoms with Crippen LogP contribution >= 0.6 is 27.3 Å². The van der Waals surface area contributed by atoms with E-state index in [1.807, 2.05) is 19.1 Å². The van der Waals surface area contributed by atoms with Crippen LogP contribution in [0, 0.1) is 12.8 Å². The van der Waals surface area contributed by atoms with Gasteiger partial charge in [0.15, 0.2) is 5.13 Å². The molecule has 0 aliphatic rings. The molecular weight excluding hydrogens is 350 g/mol. The molecule has 0 fully saturated rings. The smallest absolute Gasteiger partial charge is 0.230 e. The Bertz CT molecular complexity index is 642. The summed E-state index contributed by atoms with van der Waals surface area (Å²) in [7, 11) is 0. The molecule has 1 unspecified atom stereocenters. The van der Waals surface area contributed by atoms with Crippen LogP contribution in [0.25, 0.3) is 0 Å². The van der Waals surface area contributed by atoms with E-state index in [1.54, 1.807) is 6.92 Å². The highest BCUT2D eigenvalue weighted by molar-refractivity contribution is 9.10. The fourth-order valence-electron chi connectivity index (χ4n) is 1.81. The number of aromatic nitrogens is 1. The second kappa shape index (κ2) is 7.15. The highest BCUT2D eigenvalue weighted by Crippen LogP contribution is 2.26. The topological polar surface area (TPSA) is 68.0 Å². The lowest BCUT2D eigenvalue weighted by Crippen LogP contribution is -2.26. The quantitative estimate of drug-likeness (QED) is 0.851. The van der Waals surface area contributed by atoms with E-state index in [2.05, 4.69) is 38.4 Å². The Morgan fingerprint density at radius 3 is 2.95 bits per heavy atom. The second-order valence-corrected chi connectivity index (χ2v) is 6.96. The molecule has 21 heavy (non-hydrogen) atoms. The summed E-state index contributed by atoms with van der Waals surface area (Å²) in [6.45, 7) is 4.10. The van der Waals surface area contributed by atoms with E-state index >= 15 is 0 Å². The van der Waals surface area contributed by atoms with Crippen molar-refractivity contribution in [3.63, 3.8) is 0 Å². The Morgan fingerprint density at radius 2 is 2.29 bits per heavy atom. The summed E-state index contributed by atoms with van der Waals surface area (Å²) in [5, 5.41) is 3.47. The highest BCUT2D eigenvalue weighted by atomic mass is 79.9. The minimum absolute atomic E-state index is 0.0831. The highest BCUT2D eigenvalue weighted by Gasteiger charge is 2.14. The standard InChI is InChI=1S/C15H18BrN3OS/c1-9(8-17)14(20)19-15-18-10(2)13(21-15)7-11-4-3-5-12(16)6-11/h3-6,9H,7-8,17H2,1-2H3,(H,18,19,20). The lowest BCUT2D eigenvalue weighted by molar-refractivity contribution is -0.119. The van der Waals surface area contributed by atoms with Gasteiger partial charge in [-0.3, -0.25) is 4.79 Å². The van der Waals surface area contributed by atoms with Crippen LogP contribution in [-0.2, 0) is 11.2 Å². The third-order valence-electron chi connectivity index (χ3n) is 3.18. The molecule has 1 amide bonds. The van der Waals surface area contributed by atoms with E-state index in [1.165, 1.54) is 16.9 Å². The minimum atomic E-state index is -0.206. The zero-order valence-corrected chi connectivity index (χ0v) is 14.4. The first kappa shape index (κ1) is 16.1. The van der Waals surface area contributed by atoms with E-state index < -0.39 is 0 Å². The van der Waals surface area contributed by atoms with E-state index in [4.69, 9.17) is 5.73 Å². The van der Waals surface area contributed by atoms with Gasteiger partial charge in [0.1, 0.15) is 0 Å². The lowest BCUT2D eigenvalue weighted by Gasteiger charge is -2.06. The number of carbonyl (C=O) groups is 1. The van der Waals surface area contributed by atoms with Gasteiger partial charge in [-0.05, 0) is 24.6 Å². The van der Waals surface area contributed by atoms with Gasteiger partial charge in [-0.1, -0.05) is 35.0 Å². The number of nitrogens with zero attached hydrogens (tertiary/aromatic N) is 1. The van der Waals surface area contributed by atoms with Crippen LogP contribution in [-0.4, -0.2) is 17.4 Å². The molecule has 1 heterocycles. The van der Waals surface area contributed by atoms with Gasteiger partial charge >= 0.3 is 0 Å². The average Bonchev–Trinajstić information content (AvgIpc) is 2.77. The molecule has 1 aromatic carbocycles. The van der Waals surface area contributed by atoms with Crippen molar-refractivity contribution in [2.45, 2.75) is 20.3 Å². The summed E-state index contributed by atoms with van der Waals surface area (Å²) in [5.74, 6) is -0.289. The monoisotopic (exact) mass is 367 g/mol. The van der Waals surface area contributed by atoms with Gasteiger partial charge in [-0.25, -0.2) is 4.98 Å². The summed E-state index contributed by atoms with van der Waals surface area (Å²) >= 11 is 4.99. The second-order valence-electron chi connectivity index (χ2n) is 4.96. The minimum Gasteiger partial charge on any atom is -0.330 e. The number of thiazole rings is 1. The normalized spacial score (nSPS) is 12.2. The maximum Gasteiger partial charge on any atom is 0.230 e. The molecule has 6 heteroatoms. The van der Waals surface area contributed by atoms with Crippen molar-refractivity contribution >= 4 is 38.3 Å². The van der Waals surface area contributed by atoms with Crippen LogP contribution in [0.1, 0.15) is 23.1 Å². The first-order chi connectivity index (χ1) is 9.99. The Balaban J connectivity index is 2.10. The number of benzene rings is 1. The first-order valence-corrected chi connectivity index (χ1v) is 8.32. The van der Waals surface area contributed by atoms with Gasteiger partial charge in [0, 0.05) is 28.2 Å². The van der Waals surface area contributed by atoms with Crippen molar-refractivity contribution in [3.8, 4) is 0 Å². The molecule has 0 radical (unpaired) electrons. The van der Waals surface area contributed by atoms with Gasteiger partial charge in [-0.2, -0.15) is 0 Å². The van der Waals surface area contributed by atoms with Crippen LogP contribution in [0.4, 0.5) is 5.13 Å². The van der Waals surface area contributed by atoms with Gasteiger partial charge < -0.3 is 11.1 Å². The lowest BCUT2D eigenvalue weighted by atomic mass is 10.1. The molecule has 0 spiro atoms. The van der Waals surface area contributed by atoms with Crippen LogP contribution < -0.4 is 11.1 Å². The number of hydrogen-bond donors (Lipinski definition) is 2. The fraction of sp³-hybridized carbons (Fsp3) is 0.333. The summed E-state index contributed by atoms with van der Waals surface area (Å²) in [5.41, 5.74) is 7.66. The molecule has 4 nitrogen and oxygen atoms in total. The zero-order chi connectivity index (χ0) is 15.4. The van der Waals surface area contributed by atoms with Gasteiger partial charge in [0.05, 0.1) is 5.69 Å². The van der Waals surface area contributed by atoms with Crippen molar-refractivity contribution in [1.82, 2.24) is 4.98 Å².